The van der Waals surface area contributed by atoms with Gasteiger partial charge in [-0.3, -0.25) is 4.57 Å². The summed E-state index contributed by atoms with van der Waals surface area (Å²) in [7, 11) is 0. The van der Waals surface area contributed by atoms with E-state index in [9.17, 15) is 17.6 Å². The topological polar surface area (TPSA) is 29.9 Å². The molecule has 2 aromatic rings. The Hall–Kier alpha value is -1.57. The molecule has 0 radical (unpaired) electrons. The molecular weight excluding hydrogens is 330 g/mol. The van der Waals surface area contributed by atoms with Crippen LogP contribution in [0.3, 0.4) is 0 Å². The van der Waals surface area contributed by atoms with Crippen molar-refractivity contribution in [2.24, 2.45) is 0 Å². The highest BCUT2D eigenvalue weighted by molar-refractivity contribution is 9.10. The van der Waals surface area contributed by atoms with E-state index in [4.69, 9.17) is 0 Å². The quantitative estimate of drug-likeness (QED) is 0.856. The number of rotatable bonds is 4. The van der Waals surface area contributed by atoms with Crippen molar-refractivity contribution in [2.75, 3.05) is 5.32 Å². The Morgan fingerprint density at radius 1 is 1.32 bits per heavy atom. The molecule has 8 heteroatoms. The van der Waals surface area contributed by atoms with Gasteiger partial charge in [0.25, 0.3) is 0 Å². The van der Waals surface area contributed by atoms with E-state index in [2.05, 4.69) is 26.2 Å². The molecule has 1 heterocycles. The van der Waals surface area contributed by atoms with Gasteiger partial charge in [0.1, 0.15) is 17.5 Å². The van der Waals surface area contributed by atoms with E-state index in [0.717, 1.165) is 12.3 Å². The molecule has 19 heavy (non-hydrogen) atoms. The number of alkyl halides is 2. The van der Waals surface area contributed by atoms with Crippen LogP contribution < -0.4 is 5.32 Å². The number of hydrogen-bond donors (Lipinski definition) is 1. The zero-order chi connectivity index (χ0) is 14.0. The molecule has 0 aliphatic carbocycles. The second-order valence-corrected chi connectivity index (χ2v) is 4.48. The molecule has 2 rings (SSSR count). The van der Waals surface area contributed by atoms with Crippen LogP contribution in [0.25, 0.3) is 0 Å². The van der Waals surface area contributed by atoms with Gasteiger partial charge in [-0.05, 0) is 22.0 Å². The molecule has 3 nitrogen and oxygen atoms in total. The van der Waals surface area contributed by atoms with Crippen LogP contribution in [0.15, 0.2) is 29.0 Å². The molecule has 0 atom stereocenters. The number of halogens is 5. The predicted octanol–water partition coefficient (Wildman–Crippen LogP) is 3.93. The van der Waals surface area contributed by atoms with Gasteiger partial charge in [0.15, 0.2) is 0 Å². The van der Waals surface area contributed by atoms with E-state index in [1.807, 2.05) is 0 Å². The Labute approximate surface area is 114 Å². The van der Waals surface area contributed by atoms with Crippen molar-refractivity contribution in [3.8, 4) is 0 Å². The number of nitrogens with one attached hydrogen (secondary N) is 1. The van der Waals surface area contributed by atoms with E-state index >= 15 is 0 Å². The fraction of sp³-hybridized carbons (Fsp3) is 0.182. The van der Waals surface area contributed by atoms with Crippen LogP contribution in [-0.4, -0.2) is 9.55 Å². The number of aromatic nitrogens is 2. The Kier molecular flexibility index (Phi) is 4.08. The van der Waals surface area contributed by atoms with Gasteiger partial charge < -0.3 is 5.32 Å². The summed E-state index contributed by atoms with van der Waals surface area (Å²) < 4.78 is 52.3. The van der Waals surface area contributed by atoms with Gasteiger partial charge in [-0.2, -0.15) is 8.78 Å². The maximum atomic E-state index is 13.5. The molecule has 0 saturated heterocycles. The van der Waals surface area contributed by atoms with Gasteiger partial charge in [0.05, 0.1) is 12.2 Å². The number of anilines is 1. The van der Waals surface area contributed by atoms with Crippen LogP contribution in [0.1, 0.15) is 12.4 Å². The normalized spacial score (nSPS) is 11.1. The zero-order valence-electron chi connectivity index (χ0n) is 9.38. The minimum Gasteiger partial charge on any atom is -0.375 e. The number of imidazole rings is 1. The maximum absolute atomic E-state index is 13.5. The molecule has 0 saturated carbocycles. The van der Waals surface area contributed by atoms with E-state index < -0.39 is 18.2 Å². The number of hydrogen-bond acceptors (Lipinski definition) is 2. The lowest BCUT2D eigenvalue weighted by Crippen LogP contribution is -2.10. The lowest BCUT2D eigenvalue weighted by atomic mass is 10.3. The van der Waals surface area contributed by atoms with Gasteiger partial charge in [0.2, 0.25) is 0 Å². The van der Waals surface area contributed by atoms with Crippen LogP contribution in [0, 0.1) is 11.6 Å². The molecule has 1 N–H and O–H groups in total. The molecule has 0 unspecified atom stereocenters. The minimum absolute atomic E-state index is 0.00906. The van der Waals surface area contributed by atoms with Crippen LogP contribution in [0.2, 0.25) is 0 Å². The molecule has 0 fully saturated rings. The van der Waals surface area contributed by atoms with Crippen molar-refractivity contribution in [3.63, 3.8) is 0 Å². The fourth-order valence-electron chi connectivity index (χ4n) is 1.54. The fourth-order valence-corrected chi connectivity index (χ4v) is 2.09. The van der Waals surface area contributed by atoms with Crippen molar-refractivity contribution in [1.29, 1.82) is 0 Å². The standard InChI is InChI=1S/C11H8BrF4N3/c12-7-3-6(13)4-8(14)10(7)18-5-9-17-1-2-19(9)11(15)16/h1-4,11,18H,5H2. The summed E-state index contributed by atoms with van der Waals surface area (Å²) in [6.07, 6.45) is 2.34. The molecule has 0 aliphatic heterocycles. The van der Waals surface area contributed by atoms with Gasteiger partial charge in [-0.15, -0.1) is 0 Å². The summed E-state index contributed by atoms with van der Waals surface area (Å²) in [5, 5.41) is 2.60. The van der Waals surface area contributed by atoms with E-state index in [1.54, 1.807) is 0 Å². The maximum Gasteiger partial charge on any atom is 0.319 e. The first-order chi connectivity index (χ1) is 8.99. The van der Waals surface area contributed by atoms with Gasteiger partial charge in [-0.1, -0.05) is 0 Å². The van der Waals surface area contributed by atoms with Crippen molar-refractivity contribution in [1.82, 2.24) is 9.55 Å². The molecule has 0 bridgehead atoms. The lowest BCUT2D eigenvalue weighted by molar-refractivity contribution is 0.0673. The van der Waals surface area contributed by atoms with Crippen LogP contribution in [0.5, 0.6) is 0 Å². The first-order valence-electron chi connectivity index (χ1n) is 5.17. The van der Waals surface area contributed by atoms with Crippen molar-refractivity contribution >= 4 is 21.6 Å². The largest absolute Gasteiger partial charge is 0.375 e. The van der Waals surface area contributed by atoms with Crippen molar-refractivity contribution in [3.05, 3.63) is 46.5 Å². The van der Waals surface area contributed by atoms with Gasteiger partial charge in [-0.25, -0.2) is 13.8 Å². The van der Waals surface area contributed by atoms with Crippen molar-refractivity contribution < 1.29 is 17.6 Å². The van der Waals surface area contributed by atoms with E-state index in [1.165, 1.54) is 6.20 Å². The Morgan fingerprint density at radius 3 is 2.68 bits per heavy atom. The third-order valence-electron chi connectivity index (χ3n) is 2.39. The minimum atomic E-state index is -2.72. The van der Waals surface area contributed by atoms with Gasteiger partial charge >= 0.3 is 6.55 Å². The number of nitrogens with zero attached hydrogens (tertiary/aromatic N) is 2. The molecule has 0 spiro atoms. The highest BCUT2D eigenvalue weighted by Gasteiger charge is 2.13. The Bertz CT molecular complexity index is 562. The van der Waals surface area contributed by atoms with Crippen LogP contribution in [0.4, 0.5) is 23.2 Å². The molecule has 0 amide bonds. The molecule has 1 aromatic heterocycles. The highest BCUT2D eigenvalue weighted by Crippen LogP contribution is 2.27. The first-order valence-corrected chi connectivity index (χ1v) is 5.96. The average Bonchev–Trinajstić information content (AvgIpc) is 2.75. The highest BCUT2D eigenvalue weighted by atomic mass is 79.9. The zero-order valence-corrected chi connectivity index (χ0v) is 11.0. The SMILES string of the molecule is Fc1cc(F)c(NCc2nccn2C(F)F)c(Br)c1. The molecule has 0 aliphatic rings. The van der Waals surface area contributed by atoms with Crippen molar-refractivity contribution in [2.45, 2.75) is 13.1 Å². The van der Waals surface area contributed by atoms with E-state index in [0.29, 0.717) is 10.6 Å². The summed E-state index contributed by atoms with van der Waals surface area (Å²) in [5.41, 5.74) is -0.00906. The average molecular weight is 338 g/mol. The molecular formula is C11H8BrF4N3. The van der Waals surface area contributed by atoms with E-state index in [-0.39, 0.29) is 22.5 Å². The third kappa shape index (κ3) is 3.06. The second-order valence-electron chi connectivity index (χ2n) is 3.63. The summed E-state index contributed by atoms with van der Waals surface area (Å²) >= 11 is 2.99. The lowest BCUT2D eigenvalue weighted by Gasteiger charge is -2.11. The monoisotopic (exact) mass is 337 g/mol. The summed E-state index contributed by atoms with van der Waals surface area (Å²) in [4.78, 5) is 3.74. The molecule has 1 aromatic carbocycles. The smallest absolute Gasteiger partial charge is 0.319 e. The molecule has 102 valence electrons. The third-order valence-corrected chi connectivity index (χ3v) is 3.01. The first kappa shape index (κ1) is 13.9. The van der Waals surface area contributed by atoms with Gasteiger partial charge in [0, 0.05) is 22.9 Å². The Balaban J connectivity index is 2.17. The van der Waals surface area contributed by atoms with Crippen LogP contribution >= 0.6 is 15.9 Å². The van der Waals surface area contributed by atoms with Crippen LogP contribution in [-0.2, 0) is 6.54 Å². The summed E-state index contributed by atoms with van der Waals surface area (Å²) in [6.45, 7) is -2.83. The number of benzene rings is 1. The summed E-state index contributed by atoms with van der Waals surface area (Å²) in [5.74, 6) is -1.50. The summed E-state index contributed by atoms with van der Waals surface area (Å²) in [6, 6.07) is 1.78. The Morgan fingerprint density at radius 2 is 2.05 bits per heavy atom. The predicted molar refractivity (Wildman–Crippen MR) is 64.9 cm³/mol. The second kappa shape index (κ2) is 5.60.